The highest BCUT2D eigenvalue weighted by atomic mass is 15.2. The van der Waals surface area contributed by atoms with Crippen molar-refractivity contribution < 1.29 is 0 Å². The molecule has 2 heteroatoms. The molecule has 17 heavy (non-hydrogen) atoms. The Bertz CT molecular complexity index is 315. The maximum atomic E-state index is 3.48. The van der Waals surface area contributed by atoms with Gasteiger partial charge in [-0.15, -0.1) is 0 Å². The van der Waals surface area contributed by atoms with Gasteiger partial charge in [0.05, 0.1) is 0 Å². The van der Waals surface area contributed by atoms with Crippen molar-refractivity contribution in [3.63, 3.8) is 0 Å². The van der Waals surface area contributed by atoms with Crippen molar-refractivity contribution >= 4 is 0 Å². The third kappa shape index (κ3) is 3.30. The van der Waals surface area contributed by atoms with Gasteiger partial charge in [-0.05, 0) is 51.9 Å². The highest BCUT2D eigenvalue weighted by Crippen LogP contribution is 2.24. The summed E-state index contributed by atoms with van der Waals surface area (Å²) in [6.45, 7) is 4.66. The van der Waals surface area contributed by atoms with Crippen LogP contribution in [0, 0.1) is 0 Å². The van der Waals surface area contributed by atoms with Crippen LogP contribution >= 0.6 is 0 Å². The molecular weight excluding hydrogens is 208 g/mol. The maximum Gasteiger partial charge on any atom is 0.0319 e. The fourth-order valence-corrected chi connectivity index (χ4v) is 2.69. The van der Waals surface area contributed by atoms with Crippen LogP contribution in [0.2, 0.25) is 0 Å². The Morgan fingerprint density at radius 3 is 2.71 bits per heavy atom. The van der Waals surface area contributed by atoms with Crippen LogP contribution in [0.3, 0.4) is 0 Å². The second kappa shape index (κ2) is 6.18. The molecule has 0 spiro atoms. The van der Waals surface area contributed by atoms with Crippen molar-refractivity contribution in [1.29, 1.82) is 0 Å². The van der Waals surface area contributed by atoms with Gasteiger partial charge < -0.3 is 5.32 Å². The summed E-state index contributed by atoms with van der Waals surface area (Å²) in [6.07, 6.45) is 3.89. The molecule has 2 atom stereocenters. The summed E-state index contributed by atoms with van der Waals surface area (Å²) in [4.78, 5) is 2.54. The van der Waals surface area contributed by atoms with Crippen molar-refractivity contribution in [2.45, 2.75) is 38.3 Å². The number of nitrogens with zero attached hydrogens (tertiary/aromatic N) is 1. The summed E-state index contributed by atoms with van der Waals surface area (Å²) < 4.78 is 0. The lowest BCUT2D eigenvalue weighted by Gasteiger charge is -2.32. The van der Waals surface area contributed by atoms with E-state index in [1.54, 1.807) is 0 Å². The van der Waals surface area contributed by atoms with E-state index in [4.69, 9.17) is 0 Å². The quantitative estimate of drug-likeness (QED) is 0.862. The molecule has 1 fully saturated rings. The van der Waals surface area contributed by atoms with Crippen molar-refractivity contribution in [3.05, 3.63) is 35.9 Å². The summed E-state index contributed by atoms with van der Waals surface area (Å²) in [5.41, 5.74) is 1.42. The maximum absolute atomic E-state index is 3.48. The zero-order valence-corrected chi connectivity index (χ0v) is 11.0. The highest BCUT2D eigenvalue weighted by Gasteiger charge is 2.21. The van der Waals surface area contributed by atoms with Gasteiger partial charge in [0.2, 0.25) is 0 Å². The Labute approximate surface area is 105 Å². The smallest absolute Gasteiger partial charge is 0.0319 e. The second-order valence-corrected chi connectivity index (χ2v) is 5.09. The van der Waals surface area contributed by atoms with Crippen molar-refractivity contribution in [2.75, 3.05) is 20.1 Å². The first kappa shape index (κ1) is 12.6. The number of hydrogen-bond donors (Lipinski definition) is 1. The molecule has 0 aromatic heterocycles. The fourth-order valence-electron chi connectivity index (χ4n) is 2.69. The van der Waals surface area contributed by atoms with Gasteiger partial charge in [-0.2, -0.15) is 0 Å². The van der Waals surface area contributed by atoms with Crippen molar-refractivity contribution in [2.24, 2.45) is 0 Å². The second-order valence-electron chi connectivity index (χ2n) is 5.09. The molecule has 2 unspecified atom stereocenters. The lowest BCUT2D eigenvalue weighted by atomic mass is 10.0. The summed E-state index contributed by atoms with van der Waals surface area (Å²) in [5.74, 6) is 0. The summed E-state index contributed by atoms with van der Waals surface area (Å²) in [7, 11) is 2.27. The minimum Gasteiger partial charge on any atom is -0.317 e. The number of benzene rings is 1. The molecule has 0 aliphatic carbocycles. The summed E-state index contributed by atoms with van der Waals surface area (Å²) in [5, 5.41) is 3.48. The van der Waals surface area contributed by atoms with E-state index in [2.05, 4.69) is 54.5 Å². The standard InChI is InChI=1S/C15H24N2/c1-13(14-7-4-3-5-8-14)17(2)15-9-6-11-16-12-10-15/h3-5,7-8,13,15-16H,6,9-12H2,1-2H3. The Balaban J connectivity index is 2.00. The van der Waals surface area contributed by atoms with Gasteiger partial charge in [-0.1, -0.05) is 30.3 Å². The van der Waals surface area contributed by atoms with Crippen LogP contribution in [0.5, 0.6) is 0 Å². The Morgan fingerprint density at radius 1 is 1.18 bits per heavy atom. The fraction of sp³-hybridized carbons (Fsp3) is 0.600. The molecule has 1 heterocycles. The SMILES string of the molecule is CC(c1ccccc1)N(C)C1CCCNCC1. The van der Waals surface area contributed by atoms with Gasteiger partial charge in [0.1, 0.15) is 0 Å². The van der Waals surface area contributed by atoms with Crippen LogP contribution in [0.4, 0.5) is 0 Å². The molecule has 0 radical (unpaired) electrons. The van der Waals surface area contributed by atoms with Crippen molar-refractivity contribution in [1.82, 2.24) is 10.2 Å². The van der Waals surface area contributed by atoms with E-state index in [9.17, 15) is 0 Å². The number of nitrogens with one attached hydrogen (secondary N) is 1. The lowest BCUT2D eigenvalue weighted by molar-refractivity contribution is 0.171. The number of hydrogen-bond acceptors (Lipinski definition) is 2. The van der Waals surface area contributed by atoms with E-state index in [-0.39, 0.29) is 0 Å². The van der Waals surface area contributed by atoms with E-state index >= 15 is 0 Å². The van der Waals surface area contributed by atoms with E-state index in [1.165, 1.54) is 31.4 Å². The van der Waals surface area contributed by atoms with E-state index in [0.717, 1.165) is 12.6 Å². The molecule has 0 saturated carbocycles. The molecule has 0 amide bonds. The zero-order valence-electron chi connectivity index (χ0n) is 11.0. The predicted molar refractivity (Wildman–Crippen MR) is 73.1 cm³/mol. The molecule has 1 aliphatic heterocycles. The Kier molecular flexibility index (Phi) is 4.57. The number of rotatable bonds is 3. The van der Waals surface area contributed by atoms with Gasteiger partial charge in [-0.3, -0.25) is 4.90 Å². The van der Waals surface area contributed by atoms with Crippen LogP contribution in [0.25, 0.3) is 0 Å². The topological polar surface area (TPSA) is 15.3 Å². The summed E-state index contributed by atoms with van der Waals surface area (Å²) >= 11 is 0. The molecule has 94 valence electrons. The van der Waals surface area contributed by atoms with Gasteiger partial charge in [0.25, 0.3) is 0 Å². The molecule has 2 nitrogen and oxygen atoms in total. The summed E-state index contributed by atoms with van der Waals surface area (Å²) in [6, 6.07) is 12.1. The van der Waals surface area contributed by atoms with Gasteiger partial charge in [-0.25, -0.2) is 0 Å². The van der Waals surface area contributed by atoms with Crippen LogP contribution in [-0.4, -0.2) is 31.1 Å². The van der Waals surface area contributed by atoms with Crippen molar-refractivity contribution in [3.8, 4) is 0 Å². The Hall–Kier alpha value is -0.860. The lowest BCUT2D eigenvalue weighted by Crippen LogP contribution is -2.34. The average molecular weight is 232 g/mol. The van der Waals surface area contributed by atoms with E-state index in [0.29, 0.717) is 6.04 Å². The van der Waals surface area contributed by atoms with Crippen LogP contribution < -0.4 is 5.32 Å². The van der Waals surface area contributed by atoms with Gasteiger partial charge in [0, 0.05) is 12.1 Å². The molecule has 0 bridgehead atoms. The van der Waals surface area contributed by atoms with E-state index < -0.39 is 0 Å². The first-order valence-electron chi connectivity index (χ1n) is 6.76. The molecule has 1 N–H and O–H groups in total. The molecule has 1 saturated heterocycles. The normalized spacial score (nSPS) is 23.4. The first-order valence-corrected chi connectivity index (χ1v) is 6.76. The largest absolute Gasteiger partial charge is 0.317 e. The molecule has 2 rings (SSSR count). The molecule has 1 aromatic carbocycles. The minimum atomic E-state index is 0.513. The highest BCUT2D eigenvalue weighted by molar-refractivity contribution is 5.18. The van der Waals surface area contributed by atoms with Crippen LogP contribution in [0.15, 0.2) is 30.3 Å². The van der Waals surface area contributed by atoms with Crippen LogP contribution in [-0.2, 0) is 0 Å². The van der Waals surface area contributed by atoms with Gasteiger partial charge >= 0.3 is 0 Å². The molecule has 1 aliphatic rings. The van der Waals surface area contributed by atoms with Crippen LogP contribution in [0.1, 0.15) is 37.8 Å². The average Bonchev–Trinajstić information content (AvgIpc) is 2.67. The van der Waals surface area contributed by atoms with E-state index in [1.807, 2.05) is 0 Å². The third-order valence-corrected chi connectivity index (χ3v) is 4.01. The first-order chi connectivity index (χ1) is 8.29. The third-order valence-electron chi connectivity index (χ3n) is 4.01. The molecular formula is C15H24N2. The zero-order chi connectivity index (χ0) is 12.1. The minimum absolute atomic E-state index is 0.513. The monoisotopic (exact) mass is 232 g/mol. The Morgan fingerprint density at radius 2 is 1.94 bits per heavy atom. The van der Waals surface area contributed by atoms with Gasteiger partial charge in [0.15, 0.2) is 0 Å². The molecule has 1 aromatic rings. The predicted octanol–water partition coefficient (Wildman–Crippen LogP) is 2.82.